The van der Waals surface area contributed by atoms with Crippen molar-refractivity contribution in [2.45, 2.75) is 34.1 Å². The van der Waals surface area contributed by atoms with Crippen LogP contribution in [0.5, 0.6) is 5.75 Å². The van der Waals surface area contributed by atoms with Gasteiger partial charge in [0.25, 0.3) is 0 Å². The van der Waals surface area contributed by atoms with Gasteiger partial charge in [0.15, 0.2) is 11.4 Å². The number of ketones is 1. The minimum Gasteiger partial charge on any atom is -0.496 e. The first-order valence-electron chi connectivity index (χ1n) is 11.4. The molecule has 0 fully saturated rings. The highest BCUT2D eigenvalue weighted by atomic mass is 16.5. The Morgan fingerprint density at radius 3 is 2.58 bits per heavy atom. The van der Waals surface area contributed by atoms with E-state index >= 15 is 0 Å². The standard InChI is InChI=1S/C26H25N7O3/c1-13(27)23(15(3)34)18-11-19-20(12-21(18)35-5)33-22(10-17-8-6-7-9-28-17)30-31-26(33)25(29-19)24-14(2)32-36-16(24)4/h6-9,11-12H,10,27H2,1-5H3. The number of carbonyl (C=O) groups excluding carboxylic acids is 1. The van der Waals surface area contributed by atoms with E-state index in [4.69, 9.17) is 20.0 Å². The fourth-order valence-electron chi connectivity index (χ4n) is 4.53. The van der Waals surface area contributed by atoms with Crippen molar-refractivity contribution in [3.63, 3.8) is 0 Å². The van der Waals surface area contributed by atoms with Gasteiger partial charge in [-0.3, -0.25) is 14.2 Å². The summed E-state index contributed by atoms with van der Waals surface area (Å²) in [6, 6.07) is 9.38. The zero-order valence-electron chi connectivity index (χ0n) is 20.7. The molecule has 0 spiro atoms. The molecule has 0 amide bonds. The van der Waals surface area contributed by atoms with E-state index in [1.165, 1.54) is 6.92 Å². The van der Waals surface area contributed by atoms with Crippen LogP contribution in [0.1, 0.15) is 42.4 Å². The van der Waals surface area contributed by atoms with E-state index in [1.807, 2.05) is 48.6 Å². The summed E-state index contributed by atoms with van der Waals surface area (Å²) in [5.41, 5.74) is 12.2. The Balaban J connectivity index is 1.89. The summed E-state index contributed by atoms with van der Waals surface area (Å²) in [6.45, 7) is 6.85. The molecule has 0 aliphatic rings. The third-order valence-corrected chi connectivity index (χ3v) is 6.06. The number of nitrogens with two attached hydrogens (primary N) is 1. The van der Waals surface area contributed by atoms with Gasteiger partial charge < -0.3 is 15.0 Å². The molecule has 0 aliphatic carbocycles. The minimum atomic E-state index is -0.167. The number of allylic oxidation sites excluding steroid dienone is 2. The summed E-state index contributed by atoms with van der Waals surface area (Å²) in [5, 5.41) is 13.1. The third kappa shape index (κ3) is 3.76. The van der Waals surface area contributed by atoms with Gasteiger partial charge in [0.2, 0.25) is 0 Å². The van der Waals surface area contributed by atoms with Crippen LogP contribution in [-0.4, -0.2) is 42.6 Å². The molecule has 10 heteroatoms. The number of benzene rings is 1. The number of aryl methyl sites for hydroxylation is 2. The molecule has 10 nitrogen and oxygen atoms in total. The average Bonchev–Trinajstić information content (AvgIpc) is 3.41. The highest BCUT2D eigenvalue weighted by Crippen LogP contribution is 2.36. The number of methoxy groups -OCH3 is 1. The number of aromatic nitrogens is 6. The number of pyridine rings is 1. The fourth-order valence-corrected chi connectivity index (χ4v) is 4.53. The Bertz CT molecular complexity index is 1640. The molecule has 1 aromatic carbocycles. The van der Waals surface area contributed by atoms with Crippen molar-refractivity contribution in [1.29, 1.82) is 0 Å². The maximum absolute atomic E-state index is 12.5. The largest absolute Gasteiger partial charge is 0.496 e. The predicted molar refractivity (Wildman–Crippen MR) is 134 cm³/mol. The van der Waals surface area contributed by atoms with Crippen LogP contribution in [-0.2, 0) is 11.2 Å². The molecule has 36 heavy (non-hydrogen) atoms. The van der Waals surface area contributed by atoms with Gasteiger partial charge in [0.1, 0.15) is 23.0 Å². The van der Waals surface area contributed by atoms with E-state index in [1.54, 1.807) is 20.2 Å². The normalized spacial score (nSPS) is 12.2. The second-order valence-electron chi connectivity index (χ2n) is 8.59. The van der Waals surface area contributed by atoms with Crippen LogP contribution in [0.15, 0.2) is 46.7 Å². The first-order chi connectivity index (χ1) is 17.3. The summed E-state index contributed by atoms with van der Waals surface area (Å²) < 4.78 is 13.1. The first-order valence-corrected chi connectivity index (χ1v) is 11.4. The SMILES string of the molecule is COc1cc2c(cc1C(C(C)=O)=C(C)N)nc(-c1c(C)noc1C)c1nnc(Cc3ccccn3)n12. The molecule has 0 saturated carbocycles. The van der Waals surface area contributed by atoms with Crippen molar-refractivity contribution >= 4 is 28.0 Å². The Kier molecular flexibility index (Phi) is 5.71. The highest BCUT2D eigenvalue weighted by molar-refractivity contribution is 6.21. The summed E-state index contributed by atoms with van der Waals surface area (Å²) >= 11 is 0. The van der Waals surface area contributed by atoms with Gasteiger partial charge in [-0.1, -0.05) is 11.2 Å². The lowest BCUT2D eigenvalue weighted by atomic mass is 9.98. The van der Waals surface area contributed by atoms with Gasteiger partial charge in [-0.15, -0.1) is 10.2 Å². The molecule has 0 atom stereocenters. The molecule has 0 radical (unpaired) electrons. The highest BCUT2D eigenvalue weighted by Gasteiger charge is 2.24. The monoisotopic (exact) mass is 483 g/mol. The molecule has 2 N–H and O–H groups in total. The van der Waals surface area contributed by atoms with E-state index in [2.05, 4.69) is 20.3 Å². The summed E-state index contributed by atoms with van der Waals surface area (Å²) in [7, 11) is 1.55. The number of Topliss-reactive ketones (excluding diaryl/α,β-unsaturated/α-hetero) is 1. The van der Waals surface area contributed by atoms with E-state index in [-0.39, 0.29) is 5.78 Å². The fraction of sp³-hybridized carbons (Fsp3) is 0.231. The molecular weight excluding hydrogens is 458 g/mol. The smallest absolute Gasteiger partial charge is 0.188 e. The molecular formula is C26H25N7O3. The predicted octanol–water partition coefficient (Wildman–Crippen LogP) is 3.82. The third-order valence-electron chi connectivity index (χ3n) is 6.06. The van der Waals surface area contributed by atoms with Crippen molar-refractivity contribution in [2.24, 2.45) is 5.73 Å². The molecule has 182 valence electrons. The number of ether oxygens (including phenoxy) is 1. The molecule has 0 aliphatic heterocycles. The zero-order chi connectivity index (χ0) is 25.6. The van der Waals surface area contributed by atoms with Gasteiger partial charge >= 0.3 is 0 Å². The molecule has 0 unspecified atom stereocenters. The van der Waals surface area contributed by atoms with Crippen LogP contribution >= 0.6 is 0 Å². The van der Waals surface area contributed by atoms with Crippen LogP contribution in [0.3, 0.4) is 0 Å². The van der Waals surface area contributed by atoms with Crippen molar-refractivity contribution in [2.75, 3.05) is 7.11 Å². The van der Waals surface area contributed by atoms with Crippen LogP contribution < -0.4 is 10.5 Å². The van der Waals surface area contributed by atoms with Crippen molar-refractivity contribution in [3.8, 4) is 17.0 Å². The van der Waals surface area contributed by atoms with Crippen LogP contribution in [0.4, 0.5) is 0 Å². The van der Waals surface area contributed by atoms with E-state index in [0.29, 0.717) is 63.1 Å². The second-order valence-corrected chi connectivity index (χ2v) is 8.59. The molecule has 4 heterocycles. The van der Waals surface area contributed by atoms with Crippen molar-refractivity contribution in [3.05, 3.63) is 70.8 Å². The molecule has 5 aromatic rings. The topological polar surface area (TPSA) is 134 Å². The Labute approximate surface area is 206 Å². The Morgan fingerprint density at radius 1 is 1.17 bits per heavy atom. The molecule has 4 aromatic heterocycles. The van der Waals surface area contributed by atoms with Crippen LogP contribution in [0, 0.1) is 13.8 Å². The Hall–Kier alpha value is -4.60. The first kappa shape index (κ1) is 23.2. The zero-order valence-corrected chi connectivity index (χ0v) is 20.7. The number of fused-ring (bicyclic) bond motifs is 3. The molecule has 0 bridgehead atoms. The summed E-state index contributed by atoms with van der Waals surface area (Å²) in [5.74, 6) is 1.62. The quantitative estimate of drug-likeness (QED) is 0.358. The minimum absolute atomic E-state index is 0.167. The lowest BCUT2D eigenvalue weighted by Gasteiger charge is -2.15. The second kappa shape index (κ2) is 8.88. The lowest BCUT2D eigenvalue weighted by Crippen LogP contribution is -2.08. The van der Waals surface area contributed by atoms with Crippen molar-refractivity contribution in [1.82, 2.24) is 29.7 Å². The van der Waals surface area contributed by atoms with Gasteiger partial charge in [-0.05, 0) is 45.9 Å². The lowest BCUT2D eigenvalue weighted by molar-refractivity contribution is -0.111. The summed E-state index contributed by atoms with van der Waals surface area (Å²) in [4.78, 5) is 21.9. The van der Waals surface area contributed by atoms with Gasteiger partial charge in [-0.2, -0.15) is 0 Å². The molecule has 0 saturated heterocycles. The molecule has 5 rings (SSSR count). The maximum atomic E-state index is 12.5. The number of nitrogens with zero attached hydrogens (tertiary/aromatic N) is 6. The van der Waals surface area contributed by atoms with Gasteiger partial charge in [-0.25, -0.2) is 4.98 Å². The number of hydrogen-bond donors (Lipinski definition) is 1. The number of carbonyl (C=O) groups is 1. The maximum Gasteiger partial charge on any atom is 0.188 e. The number of rotatable bonds is 6. The van der Waals surface area contributed by atoms with Gasteiger partial charge in [0.05, 0.1) is 35.8 Å². The summed E-state index contributed by atoms with van der Waals surface area (Å²) in [6.07, 6.45) is 2.19. The van der Waals surface area contributed by atoms with Crippen LogP contribution in [0.2, 0.25) is 0 Å². The average molecular weight is 484 g/mol. The van der Waals surface area contributed by atoms with Gasteiger partial charge in [0, 0.05) is 34.8 Å². The van der Waals surface area contributed by atoms with E-state index in [9.17, 15) is 4.79 Å². The Morgan fingerprint density at radius 2 is 1.97 bits per heavy atom. The van der Waals surface area contributed by atoms with E-state index in [0.717, 1.165) is 16.8 Å². The number of hydrogen-bond acceptors (Lipinski definition) is 9. The van der Waals surface area contributed by atoms with E-state index < -0.39 is 0 Å². The van der Waals surface area contributed by atoms with Crippen molar-refractivity contribution < 1.29 is 14.1 Å². The van der Waals surface area contributed by atoms with Crippen LogP contribution in [0.25, 0.3) is 33.5 Å².